The highest BCUT2D eigenvalue weighted by Gasteiger charge is 2.05. The van der Waals surface area contributed by atoms with Gasteiger partial charge in [-0.25, -0.2) is 4.79 Å². The van der Waals surface area contributed by atoms with Gasteiger partial charge in [0.1, 0.15) is 5.75 Å². The number of carbonyl (C=O) groups is 1. The lowest BCUT2D eigenvalue weighted by atomic mass is 9.96. The number of benzene rings is 3. The number of rotatable bonds is 7. The minimum atomic E-state index is -0.452. The van der Waals surface area contributed by atoms with Crippen molar-refractivity contribution in [3.8, 4) is 28.0 Å². The molecule has 1 atom stereocenters. The molecule has 0 fully saturated rings. The van der Waals surface area contributed by atoms with Crippen LogP contribution in [0.4, 0.5) is 0 Å². The molecule has 0 heterocycles. The van der Waals surface area contributed by atoms with Crippen LogP contribution >= 0.6 is 0 Å². The standard InChI is InChI=1S/C26H26O2/c1-4-19(3)18-20-6-8-21(9-7-20)22-10-12-23(13-11-22)24-14-16-25(17-15-24)28-26(27)5-2/h5-17,19H,2,4,18H2,1,3H3/t19-/m0/s1. The first-order valence-electron chi connectivity index (χ1n) is 9.73. The van der Waals surface area contributed by atoms with Crippen molar-refractivity contribution in [2.24, 2.45) is 5.92 Å². The maximum absolute atomic E-state index is 11.3. The Kier molecular flexibility index (Phi) is 6.44. The van der Waals surface area contributed by atoms with Crippen molar-refractivity contribution in [1.29, 1.82) is 0 Å². The number of hydrogen-bond acceptors (Lipinski definition) is 2. The average Bonchev–Trinajstić information content (AvgIpc) is 2.75. The van der Waals surface area contributed by atoms with Crippen LogP contribution < -0.4 is 4.74 Å². The Balaban J connectivity index is 1.71. The number of hydrogen-bond donors (Lipinski definition) is 0. The van der Waals surface area contributed by atoms with E-state index in [0.29, 0.717) is 5.75 Å². The summed E-state index contributed by atoms with van der Waals surface area (Å²) in [5.74, 6) is 0.784. The van der Waals surface area contributed by atoms with Gasteiger partial charge in [0, 0.05) is 6.08 Å². The zero-order valence-electron chi connectivity index (χ0n) is 16.5. The quantitative estimate of drug-likeness (QED) is 0.263. The van der Waals surface area contributed by atoms with E-state index in [1.165, 1.54) is 23.1 Å². The summed E-state index contributed by atoms with van der Waals surface area (Å²) in [6, 6.07) is 24.9. The van der Waals surface area contributed by atoms with Gasteiger partial charge in [-0.3, -0.25) is 0 Å². The van der Waals surface area contributed by atoms with E-state index < -0.39 is 5.97 Å². The fourth-order valence-electron chi connectivity index (χ4n) is 3.11. The zero-order valence-corrected chi connectivity index (χ0v) is 16.5. The van der Waals surface area contributed by atoms with E-state index in [0.717, 1.165) is 29.5 Å². The molecule has 2 nitrogen and oxygen atoms in total. The van der Waals surface area contributed by atoms with E-state index in [1.54, 1.807) is 12.1 Å². The summed E-state index contributed by atoms with van der Waals surface area (Å²) < 4.78 is 5.12. The van der Waals surface area contributed by atoms with E-state index in [4.69, 9.17) is 4.74 Å². The van der Waals surface area contributed by atoms with Crippen LogP contribution in [-0.2, 0) is 11.2 Å². The normalized spacial score (nSPS) is 11.6. The Bertz CT molecular complexity index is 920. The molecule has 0 aliphatic rings. The van der Waals surface area contributed by atoms with Crippen LogP contribution in [0.15, 0.2) is 85.5 Å². The summed E-state index contributed by atoms with van der Waals surface area (Å²) >= 11 is 0. The molecule has 0 aliphatic carbocycles. The lowest BCUT2D eigenvalue weighted by Gasteiger charge is -2.10. The van der Waals surface area contributed by atoms with Gasteiger partial charge in [0.25, 0.3) is 0 Å². The Morgan fingerprint density at radius 1 is 0.857 bits per heavy atom. The second-order valence-electron chi connectivity index (χ2n) is 7.14. The molecule has 0 aliphatic heterocycles. The minimum absolute atomic E-state index is 0.452. The first-order chi connectivity index (χ1) is 13.6. The van der Waals surface area contributed by atoms with Gasteiger partial charge in [0.2, 0.25) is 0 Å². The number of ether oxygens (including phenoxy) is 1. The topological polar surface area (TPSA) is 26.3 Å². The van der Waals surface area contributed by atoms with Crippen LogP contribution in [0, 0.1) is 5.92 Å². The fourth-order valence-corrected chi connectivity index (χ4v) is 3.11. The molecule has 0 radical (unpaired) electrons. The van der Waals surface area contributed by atoms with Crippen molar-refractivity contribution in [3.63, 3.8) is 0 Å². The van der Waals surface area contributed by atoms with Gasteiger partial charge in [0.05, 0.1) is 0 Å². The molecule has 0 saturated heterocycles. The summed E-state index contributed by atoms with van der Waals surface area (Å²) in [5.41, 5.74) is 6.03. The van der Waals surface area contributed by atoms with Crippen molar-refractivity contribution in [2.45, 2.75) is 26.7 Å². The van der Waals surface area contributed by atoms with Gasteiger partial charge < -0.3 is 4.74 Å². The smallest absolute Gasteiger partial charge is 0.335 e. The number of carbonyl (C=O) groups excluding carboxylic acids is 1. The maximum atomic E-state index is 11.3. The number of esters is 1. The summed E-state index contributed by atoms with van der Waals surface area (Å²) in [5, 5.41) is 0. The predicted molar refractivity (Wildman–Crippen MR) is 116 cm³/mol. The molecular weight excluding hydrogens is 344 g/mol. The molecule has 0 spiro atoms. The van der Waals surface area contributed by atoms with Crippen LogP contribution in [-0.4, -0.2) is 5.97 Å². The second-order valence-corrected chi connectivity index (χ2v) is 7.14. The van der Waals surface area contributed by atoms with Crippen molar-refractivity contribution >= 4 is 5.97 Å². The van der Waals surface area contributed by atoms with E-state index in [9.17, 15) is 4.79 Å². The SMILES string of the molecule is C=CC(=O)Oc1ccc(-c2ccc(-c3ccc(C[C@@H](C)CC)cc3)cc2)cc1. The van der Waals surface area contributed by atoms with Crippen molar-refractivity contribution < 1.29 is 9.53 Å². The Morgan fingerprint density at radius 3 is 1.71 bits per heavy atom. The lowest BCUT2D eigenvalue weighted by molar-refractivity contribution is -0.128. The molecule has 0 amide bonds. The Hall–Kier alpha value is -3.13. The average molecular weight is 370 g/mol. The first kappa shape index (κ1) is 19.6. The van der Waals surface area contributed by atoms with Crippen LogP contribution in [0.2, 0.25) is 0 Å². The summed E-state index contributed by atoms with van der Waals surface area (Å²) in [6.07, 6.45) is 3.50. The molecule has 142 valence electrons. The third-order valence-electron chi connectivity index (χ3n) is 5.03. The van der Waals surface area contributed by atoms with E-state index in [1.807, 2.05) is 12.1 Å². The highest BCUT2D eigenvalue weighted by Crippen LogP contribution is 2.27. The van der Waals surface area contributed by atoms with Gasteiger partial charge in [0.15, 0.2) is 0 Å². The Morgan fingerprint density at radius 2 is 1.29 bits per heavy atom. The minimum Gasteiger partial charge on any atom is -0.423 e. The summed E-state index contributed by atoms with van der Waals surface area (Å²) in [6.45, 7) is 7.93. The lowest BCUT2D eigenvalue weighted by Crippen LogP contribution is -2.02. The van der Waals surface area contributed by atoms with Gasteiger partial charge in [-0.15, -0.1) is 0 Å². The van der Waals surface area contributed by atoms with Crippen LogP contribution in [0.1, 0.15) is 25.8 Å². The first-order valence-corrected chi connectivity index (χ1v) is 9.73. The molecule has 0 bridgehead atoms. The maximum Gasteiger partial charge on any atom is 0.335 e. The summed E-state index contributed by atoms with van der Waals surface area (Å²) in [7, 11) is 0. The molecule has 0 unspecified atom stereocenters. The largest absolute Gasteiger partial charge is 0.423 e. The van der Waals surface area contributed by atoms with Crippen molar-refractivity contribution in [1.82, 2.24) is 0 Å². The molecule has 0 aromatic heterocycles. The van der Waals surface area contributed by atoms with Crippen LogP contribution in [0.3, 0.4) is 0 Å². The third kappa shape index (κ3) is 4.98. The monoisotopic (exact) mass is 370 g/mol. The van der Waals surface area contributed by atoms with E-state index in [-0.39, 0.29) is 0 Å². The molecule has 3 aromatic rings. The van der Waals surface area contributed by atoms with E-state index >= 15 is 0 Å². The molecule has 3 aromatic carbocycles. The Labute approximate surface area is 167 Å². The van der Waals surface area contributed by atoms with Gasteiger partial charge >= 0.3 is 5.97 Å². The highest BCUT2D eigenvalue weighted by atomic mass is 16.5. The molecule has 2 heteroatoms. The van der Waals surface area contributed by atoms with Gasteiger partial charge in [-0.1, -0.05) is 87.5 Å². The third-order valence-corrected chi connectivity index (χ3v) is 5.03. The van der Waals surface area contributed by atoms with Crippen LogP contribution in [0.5, 0.6) is 5.75 Å². The van der Waals surface area contributed by atoms with Crippen molar-refractivity contribution in [2.75, 3.05) is 0 Å². The van der Waals surface area contributed by atoms with Gasteiger partial charge in [-0.05, 0) is 52.3 Å². The zero-order chi connectivity index (χ0) is 19.9. The molecule has 0 saturated carbocycles. The molecular formula is C26H26O2. The summed E-state index contributed by atoms with van der Waals surface area (Å²) in [4.78, 5) is 11.3. The molecule has 0 N–H and O–H groups in total. The van der Waals surface area contributed by atoms with E-state index in [2.05, 4.69) is 69.0 Å². The molecule has 28 heavy (non-hydrogen) atoms. The van der Waals surface area contributed by atoms with Crippen molar-refractivity contribution in [3.05, 3.63) is 91.0 Å². The predicted octanol–water partition coefficient (Wildman–Crippen LogP) is 6.70. The molecule has 3 rings (SSSR count). The van der Waals surface area contributed by atoms with Gasteiger partial charge in [-0.2, -0.15) is 0 Å². The fraction of sp³-hybridized carbons (Fsp3) is 0.192. The highest BCUT2D eigenvalue weighted by molar-refractivity contribution is 5.83. The second kappa shape index (κ2) is 9.18. The van der Waals surface area contributed by atoms with Crippen LogP contribution in [0.25, 0.3) is 22.3 Å².